The van der Waals surface area contributed by atoms with Gasteiger partial charge in [-0.1, -0.05) is 0 Å². The molecule has 1 saturated carbocycles. The van der Waals surface area contributed by atoms with Gasteiger partial charge in [0, 0.05) is 31.6 Å². The molecular formula is C23H34N4O4S. The van der Waals surface area contributed by atoms with Crippen LogP contribution in [-0.4, -0.2) is 45.0 Å². The van der Waals surface area contributed by atoms with Crippen LogP contribution in [0.25, 0.3) is 10.2 Å². The van der Waals surface area contributed by atoms with Gasteiger partial charge in [-0.25, -0.2) is 4.79 Å². The maximum Gasteiger partial charge on any atom is 0.332 e. The molecule has 1 aliphatic carbocycles. The van der Waals surface area contributed by atoms with Crippen molar-refractivity contribution in [1.82, 2.24) is 19.4 Å². The molecule has 1 N–H and O–H groups in total. The van der Waals surface area contributed by atoms with Gasteiger partial charge in [-0.05, 0) is 70.7 Å². The highest BCUT2D eigenvalue weighted by Gasteiger charge is 2.29. The van der Waals surface area contributed by atoms with E-state index in [0.29, 0.717) is 16.8 Å². The minimum atomic E-state index is -0.443. The number of aromatic nitrogens is 2. The summed E-state index contributed by atoms with van der Waals surface area (Å²) in [5.41, 5.74) is -0.225. The van der Waals surface area contributed by atoms with Crippen LogP contribution in [0.2, 0.25) is 0 Å². The Balaban J connectivity index is 1.80. The number of hydrogen-bond donors (Lipinski definition) is 1. The molecule has 2 aromatic rings. The standard InChI is InChI=1S/C23H34N4O4S/c1-5-25(6-2)21(29)17-9-7-16(8-10-17)13-27-22(30)20-18(11-12-32-20)26(23(27)31)14-19(28)24-15(3)4/h11-12,15-17H,5-10,13-14H2,1-4H3,(H,24,28). The fraction of sp³-hybridized carbons (Fsp3) is 0.652. The summed E-state index contributed by atoms with van der Waals surface area (Å²) in [5.74, 6) is 0.148. The van der Waals surface area contributed by atoms with Gasteiger partial charge in [0.15, 0.2) is 0 Å². The van der Waals surface area contributed by atoms with E-state index in [1.807, 2.05) is 32.6 Å². The van der Waals surface area contributed by atoms with E-state index >= 15 is 0 Å². The van der Waals surface area contributed by atoms with Gasteiger partial charge in [0.05, 0.1) is 5.52 Å². The van der Waals surface area contributed by atoms with Crippen molar-refractivity contribution in [1.29, 1.82) is 0 Å². The smallest absolute Gasteiger partial charge is 0.332 e. The fourth-order valence-corrected chi connectivity index (χ4v) is 5.44. The van der Waals surface area contributed by atoms with Crippen LogP contribution in [0.15, 0.2) is 21.0 Å². The first-order chi connectivity index (χ1) is 15.3. The summed E-state index contributed by atoms with van der Waals surface area (Å²) < 4.78 is 3.19. The molecular weight excluding hydrogens is 428 g/mol. The van der Waals surface area contributed by atoms with Crippen molar-refractivity contribution in [2.45, 2.75) is 72.5 Å². The maximum atomic E-state index is 13.2. The lowest BCUT2D eigenvalue weighted by Crippen LogP contribution is -2.44. The Labute approximate surface area is 192 Å². The molecule has 0 unspecified atom stereocenters. The van der Waals surface area contributed by atoms with Gasteiger partial charge >= 0.3 is 5.69 Å². The van der Waals surface area contributed by atoms with Crippen LogP contribution in [0.3, 0.4) is 0 Å². The molecule has 9 heteroatoms. The van der Waals surface area contributed by atoms with E-state index in [1.165, 1.54) is 20.5 Å². The molecule has 2 heterocycles. The lowest BCUT2D eigenvalue weighted by molar-refractivity contribution is -0.136. The van der Waals surface area contributed by atoms with Gasteiger partial charge in [-0.3, -0.25) is 23.5 Å². The highest BCUT2D eigenvalue weighted by Crippen LogP contribution is 2.31. The zero-order valence-electron chi connectivity index (χ0n) is 19.4. The Morgan fingerprint density at radius 3 is 2.38 bits per heavy atom. The van der Waals surface area contributed by atoms with Crippen LogP contribution in [0.4, 0.5) is 0 Å². The number of nitrogens with zero attached hydrogens (tertiary/aromatic N) is 3. The Kier molecular flexibility index (Phi) is 7.92. The molecule has 0 saturated heterocycles. The molecule has 176 valence electrons. The second-order valence-electron chi connectivity index (χ2n) is 8.87. The topological polar surface area (TPSA) is 93.4 Å². The predicted molar refractivity (Wildman–Crippen MR) is 127 cm³/mol. The predicted octanol–water partition coefficient (Wildman–Crippen LogP) is 2.42. The second-order valence-corrected chi connectivity index (χ2v) is 9.79. The highest BCUT2D eigenvalue weighted by molar-refractivity contribution is 7.17. The van der Waals surface area contributed by atoms with Gasteiger partial charge in [0.1, 0.15) is 11.2 Å². The van der Waals surface area contributed by atoms with Crippen LogP contribution in [0, 0.1) is 11.8 Å². The van der Waals surface area contributed by atoms with Crippen molar-refractivity contribution in [3.8, 4) is 0 Å². The quantitative estimate of drug-likeness (QED) is 0.652. The summed E-state index contributed by atoms with van der Waals surface area (Å²) in [6.07, 6.45) is 3.17. The molecule has 32 heavy (non-hydrogen) atoms. The Morgan fingerprint density at radius 2 is 1.78 bits per heavy atom. The van der Waals surface area contributed by atoms with E-state index in [2.05, 4.69) is 5.32 Å². The third-order valence-electron chi connectivity index (χ3n) is 6.30. The first kappa shape index (κ1) is 24.2. The maximum absolute atomic E-state index is 13.2. The minimum absolute atomic E-state index is 0.0269. The van der Waals surface area contributed by atoms with E-state index in [-0.39, 0.29) is 41.8 Å². The molecule has 0 bridgehead atoms. The molecule has 1 aliphatic rings. The van der Waals surface area contributed by atoms with E-state index in [9.17, 15) is 19.2 Å². The largest absolute Gasteiger partial charge is 0.352 e. The third-order valence-corrected chi connectivity index (χ3v) is 7.19. The minimum Gasteiger partial charge on any atom is -0.352 e. The van der Waals surface area contributed by atoms with Gasteiger partial charge in [-0.15, -0.1) is 11.3 Å². The lowest BCUT2D eigenvalue weighted by Gasteiger charge is -2.31. The van der Waals surface area contributed by atoms with E-state index in [1.54, 1.807) is 11.4 Å². The average Bonchev–Trinajstić information content (AvgIpc) is 3.25. The molecule has 3 rings (SSSR count). The van der Waals surface area contributed by atoms with Crippen LogP contribution >= 0.6 is 11.3 Å². The average molecular weight is 463 g/mol. The molecule has 2 amide bonds. The van der Waals surface area contributed by atoms with E-state index in [0.717, 1.165) is 38.8 Å². The number of amides is 2. The molecule has 1 fully saturated rings. The molecule has 0 spiro atoms. The zero-order chi connectivity index (χ0) is 23.4. The number of carbonyl (C=O) groups excluding carboxylic acids is 2. The molecule has 0 radical (unpaired) electrons. The van der Waals surface area contributed by atoms with Crippen molar-refractivity contribution < 1.29 is 9.59 Å². The number of thiophene rings is 1. The van der Waals surface area contributed by atoms with Crippen LogP contribution in [-0.2, 0) is 22.7 Å². The molecule has 0 atom stereocenters. The van der Waals surface area contributed by atoms with Crippen molar-refractivity contribution in [2.24, 2.45) is 11.8 Å². The first-order valence-corrected chi connectivity index (χ1v) is 12.4. The summed E-state index contributed by atoms with van der Waals surface area (Å²) in [6.45, 7) is 9.36. The summed E-state index contributed by atoms with van der Waals surface area (Å²) in [4.78, 5) is 53.1. The van der Waals surface area contributed by atoms with Crippen LogP contribution in [0.5, 0.6) is 0 Å². The number of fused-ring (bicyclic) bond motifs is 1. The van der Waals surface area contributed by atoms with Crippen molar-refractivity contribution in [2.75, 3.05) is 13.1 Å². The summed E-state index contributed by atoms with van der Waals surface area (Å²) in [6, 6.07) is 1.69. The Hall–Kier alpha value is -2.42. The van der Waals surface area contributed by atoms with Crippen LogP contribution in [0.1, 0.15) is 53.4 Å². The Bertz CT molecular complexity index is 1070. The van der Waals surface area contributed by atoms with Crippen molar-refractivity contribution >= 4 is 33.4 Å². The normalized spacial score (nSPS) is 18.8. The van der Waals surface area contributed by atoms with Crippen molar-refractivity contribution in [3.63, 3.8) is 0 Å². The van der Waals surface area contributed by atoms with Crippen molar-refractivity contribution in [3.05, 3.63) is 32.3 Å². The molecule has 0 aliphatic heterocycles. The van der Waals surface area contributed by atoms with Gasteiger partial charge in [0.2, 0.25) is 11.8 Å². The lowest BCUT2D eigenvalue weighted by atomic mass is 9.81. The number of hydrogen-bond acceptors (Lipinski definition) is 5. The summed E-state index contributed by atoms with van der Waals surface area (Å²) >= 11 is 1.29. The molecule has 0 aromatic carbocycles. The molecule has 8 nitrogen and oxygen atoms in total. The summed E-state index contributed by atoms with van der Waals surface area (Å²) in [7, 11) is 0. The van der Waals surface area contributed by atoms with Gasteiger partial charge < -0.3 is 10.2 Å². The van der Waals surface area contributed by atoms with E-state index in [4.69, 9.17) is 0 Å². The second kappa shape index (κ2) is 10.5. The highest BCUT2D eigenvalue weighted by atomic mass is 32.1. The number of nitrogens with one attached hydrogen (secondary N) is 1. The first-order valence-electron chi connectivity index (χ1n) is 11.6. The summed E-state index contributed by atoms with van der Waals surface area (Å²) in [5, 5.41) is 4.58. The third kappa shape index (κ3) is 5.14. The van der Waals surface area contributed by atoms with Crippen LogP contribution < -0.4 is 16.6 Å². The fourth-order valence-electron chi connectivity index (χ4n) is 4.60. The Morgan fingerprint density at radius 1 is 1.12 bits per heavy atom. The number of rotatable bonds is 8. The SMILES string of the molecule is CCN(CC)C(=O)C1CCC(Cn2c(=O)c3sccc3n(CC(=O)NC(C)C)c2=O)CC1. The molecule has 2 aromatic heterocycles. The zero-order valence-corrected chi connectivity index (χ0v) is 20.2. The number of carbonyl (C=O) groups is 2. The van der Waals surface area contributed by atoms with Gasteiger partial charge in [0.25, 0.3) is 5.56 Å². The van der Waals surface area contributed by atoms with E-state index < -0.39 is 5.69 Å². The monoisotopic (exact) mass is 462 g/mol. The van der Waals surface area contributed by atoms with Gasteiger partial charge in [-0.2, -0.15) is 0 Å².